The summed E-state index contributed by atoms with van der Waals surface area (Å²) >= 11 is 0. The average molecular weight is 340 g/mol. The van der Waals surface area contributed by atoms with Gasteiger partial charge in [0.25, 0.3) is 0 Å². The summed E-state index contributed by atoms with van der Waals surface area (Å²) in [6.45, 7) is 7.05. The van der Waals surface area contributed by atoms with Crippen LogP contribution in [0.25, 0.3) is 0 Å². The van der Waals surface area contributed by atoms with Crippen molar-refractivity contribution in [1.29, 1.82) is 0 Å². The Hall–Kier alpha value is -1.06. The summed E-state index contributed by atoms with van der Waals surface area (Å²) in [7, 11) is 0. The molecule has 2 N–H and O–H groups in total. The SMILES string of the molecule is CCNC(=NCCCOCC(F)(F)F)NCCN1CCOCC1. The summed E-state index contributed by atoms with van der Waals surface area (Å²) in [6.07, 6.45) is -3.81. The van der Waals surface area contributed by atoms with Crippen LogP contribution in [0.1, 0.15) is 13.3 Å². The van der Waals surface area contributed by atoms with E-state index < -0.39 is 12.8 Å². The molecule has 0 aliphatic carbocycles. The number of nitrogens with zero attached hydrogens (tertiary/aromatic N) is 2. The molecule has 1 aliphatic heterocycles. The van der Waals surface area contributed by atoms with E-state index in [2.05, 4.69) is 25.3 Å². The second-order valence-corrected chi connectivity index (χ2v) is 5.16. The molecule has 0 saturated carbocycles. The molecule has 0 bridgehead atoms. The number of nitrogens with one attached hydrogen (secondary N) is 2. The predicted molar refractivity (Wildman–Crippen MR) is 82.7 cm³/mol. The minimum Gasteiger partial charge on any atom is -0.379 e. The number of hydrogen-bond donors (Lipinski definition) is 2. The molecule has 0 aromatic rings. The summed E-state index contributed by atoms with van der Waals surface area (Å²) in [5.41, 5.74) is 0. The van der Waals surface area contributed by atoms with E-state index in [-0.39, 0.29) is 6.61 Å². The first-order valence-corrected chi connectivity index (χ1v) is 7.98. The molecule has 0 radical (unpaired) electrons. The molecule has 1 aliphatic rings. The van der Waals surface area contributed by atoms with Crippen LogP contribution in [0.2, 0.25) is 0 Å². The van der Waals surface area contributed by atoms with Crippen LogP contribution in [0.5, 0.6) is 0 Å². The average Bonchev–Trinajstić information content (AvgIpc) is 2.50. The number of guanidine groups is 1. The molecule has 0 aromatic carbocycles. The highest BCUT2D eigenvalue weighted by atomic mass is 19.4. The van der Waals surface area contributed by atoms with Crippen molar-refractivity contribution in [2.45, 2.75) is 19.5 Å². The van der Waals surface area contributed by atoms with Gasteiger partial charge in [-0.15, -0.1) is 0 Å². The maximum absolute atomic E-state index is 11.9. The first-order valence-electron chi connectivity index (χ1n) is 7.98. The van der Waals surface area contributed by atoms with Crippen molar-refractivity contribution < 1.29 is 22.6 Å². The lowest BCUT2D eigenvalue weighted by Crippen LogP contribution is -2.44. The zero-order valence-corrected chi connectivity index (χ0v) is 13.6. The first-order chi connectivity index (χ1) is 11.0. The predicted octanol–water partition coefficient (Wildman–Crippen LogP) is 0.843. The molecule has 1 saturated heterocycles. The highest BCUT2D eigenvalue weighted by molar-refractivity contribution is 5.79. The fourth-order valence-electron chi connectivity index (χ4n) is 2.04. The van der Waals surface area contributed by atoms with Gasteiger partial charge >= 0.3 is 6.18 Å². The molecule has 1 rings (SSSR count). The van der Waals surface area contributed by atoms with Crippen molar-refractivity contribution in [3.63, 3.8) is 0 Å². The molecule has 1 heterocycles. The Morgan fingerprint density at radius 1 is 1.26 bits per heavy atom. The number of halogens is 3. The van der Waals surface area contributed by atoms with E-state index in [1.165, 1.54) is 0 Å². The van der Waals surface area contributed by atoms with E-state index in [0.717, 1.165) is 45.9 Å². The van der Waals surface area contributed by atoms with Crippen molar-refractivity contribution in [2.75, 3.05) is 65.7 Å². The minimum absolute atomic E-state index is 0.0518. The van der Waals surface area contributed by atoms with Crippen LogP contribution in [0.15, 0.2) is 4.99 Å². The van der Waals surface area contributed by atoms with E-state index in [9.17, 15) is 13.2 Å². The topological polar surface area (TPSA) is 58.1 Å². The lowest BCUT2D eigenvalue weighted by molar-refractivity contribution is -0.173. The van der Waals surface area contributed by atoms with Crippen molar-refractivity contribution in [3.05, 3.63) is 0 Å². The van der Waals surface area contributed by atoms with E-state index in [0.29, 0.717) is 18.9 Å². The van der Waals surface area contributed by atoms with Gasteiger partial charge < -0.3 is 20.1 Å². The number of aliphatic imine (C=N–C) groups is 1. The molecule has 23 heavy (non-hydrogen) atoms. The third kappa shape index (κ3) is 11.2. The molecular weight excluding hydrogens is 313 g/mol. The van der Waals surface area contributed by atoms with Crippen molar-refractivity contribution in [3.8, 4) is 0 Å². The molecule has 6 nitrogen and oxygen atoms in total. The van der Waals surface area contributed by atoms with Gasteiger partial charge in [0.2, 0.25) is 0 Å². The Bertz CT molecular complexity index is 334. The monoisotopic (exact) mass is 340 g/mol. The standard InChI is InChI=1S/C14H27F3N4O2/c1-2-18-13(19-4-3-9-23-12-14(15,16)17)20-5-6-21-7-10-22-11-8-21/h2-12H2,1H3,(H2,18,19,20). The van der Waals surface area contributed by atoms with Crippen LogP contribution in [0, 0.1) is 0 Å². The molecule has 0 amide bonds. The van der Waals surface area contributed by atoms with Gasteiger partial charge in [-0.05, 0) is 13.3 Å². The zero-order valence-electron chi connectivity index (χ0n) is 13.6. The van der Waals surface area contributed by atoms with Crippen molar-refractivity contribution >= 4 is 5.96 Å². The number of hydrogen-bond acceptors (Lipinski definition) is 4. The van der Waals surface area contributed by atoms with Gasteiger partial charge in [-0.2, -0.15) is 13.2 Å². The van der Waals surface area contributed by atoms with Gasteiger partial charge in [0.1, 0.15) is 6.61 Å². The summed E-state index contributed by atoms with van der Waals surface area (Å²) in [5.74, 6) is 0.677. The van der Waals surface area contributed by atoms with Gasteiger partial charge in [-0.3, -0.25) is 9.89 Å². The number of alkyl halides is 3. The molecule has 0 unspecified atom stereocenters. The Morgan fingerprint density at radius 2 is 2.00 bits per heavy atom. The Labute approximate surface area is 135 Å². The zero-order chi connectivity index (χ0) is 17.0. The smallest absolute Gasteiger partial charge is 0.379 e. The Morgan fingerprint density at radius 3 is 2.65 bits per heavy atom. The number of rotatable bonds is 9. The summed E-state index contributed by atoms with van der Waals surface area (Å²) in [6, 6.07) is 0. The van der Waals surface area contributed by atoms with Crippen molar-refractivity contribution in [2.24, 2.45) is 4.99 Å². The molecule has 9 heteroatoms. The second-order valence-electron chi connectivity index (χ2n) is 5.16. The Kier molecular flexibility index (Phi) is 9.97. The van der Waals surface area contributed by atoms with Gasteiger partial charge in [0, 0.05) is 45.9 Å². The van der Waals surface area contributed by atoms with Gasteiger partial charge in [-0.25, -0.2) is 0 Å². The third-order valence-corrected chi connectivity index (χ3v) is 3.15. The largest absolute Gasteiger partial charge is 0.411 e. The molecular formula is C14H27F3N4O2. The van der Waals surface area contributed by atoms with Crippen LogP contribution in [0.3, 0.4) is 0 Å². The fraction of sp³-hybridized carbons (Fsp3) is 0.929. The van der Waals surface area contributed by atoms with Crippen LogP contribution < -0.4 is 10.6 Å². The minimum atomic E-state index is -4.26. The normalized spacial score (nSPS) is 17.3. The fourth-order valence-corrected chi connectivity index (χ4v) is 2.04. The third-order valence-electron chi connectivity index (χ3n) is 3.15. The van der Waals surface area contributed by atoms with Crippen LogP contribution in [0.4, 0.5) is 13.2 Å². The summed E-state index contributed by atoms with van der Waals surface area (Å²) in [5, 5.41) is 6.33. The highest BCUT2D eigenvalue weighted by Crippen LogP contribution is 2.14. The van der Waals surface area contributed by atoms with Gasteiger partial charge in [-0.1, -0.05) is 0 Å². The van der Waals surface area contributed by atoms with Crippen LogP contribution >= 0.6 is 0 Å². The van der Waals surface area contributed by atoms with E-state index in [1.54, 1.807) is 0 Å². The molecule has 1 fully saturated rings. The van der Waals surface area contributed by atoms with Crippen LogP contribution in [-0.2, 0) is 9.47 Å². The molecule has 0 atom stereocenters. The number of morpholine rings is 1. The maximum Gasteiger partial charge on any atom is 0.411 e. The van der Waals surface area contributed by atoms with E-state index in [1.807, 2.05) is 6.92 Å². The summed E-state index contributed by atoms with van der Waals surface area (Å²) < 4.78 is 45.5. The lowest BCUT2D eigenvalue weighted by atomic mass is 10.4. The second kappa shape index (κ2) is 11.5. The quantitative estimate of drug-likeness (QED) is 0.370. The van der Waals surface area contributed by atoms with E-state index in [4.69, 9.17) is 4.74 Å². The summed E-state index contributed by atoms with van der Waals surface area (Å²) in [4.78, 5) is 6.63. The molecule has 136 valence electrons. The van der Waals surface area contributed by atoms with Crippen LogP contribution in [-0.4, -0.2) is 82.7 Å². The number of ether oxygens (including phenoxy) is 2. The van der Waals surface area contributed by atoms with Gasteiger partial charge in [0.15, 0.2) is 5.96 Å². The first kappa shape index (κ1) is 20.0. The molecule has 0 aromatic heterocycles. The Balaban J connectivity index is 2.14. The molecule has 0 spiro atoms. The van der Waals surface area contributed by atoms with E-state index >= 15 is 0 Å². The van der Waals surface area contributed by atoms with Crippen molar-refractivity contribution in [1.82, 2.24) is 15.5 Å². The highest BCUT2D eigenvalue weighted by Gasteiger charge is 2.27. The van der Waals surface area contributed by atoms with Gasteiger partial charge in [0.05, 0.1) is 13.2 Å². The lowest BCUT2D eigenvalue weighted by Gasteiger charge is -2.26. The maximum atomic E-state index is 11.9.